The standard InChI is InChI=1S/C39H24O6/c40-37(43-34-16-13-25-7-1-4-10-28(25)22-34)31-19-32(38(41)44-35-17-14-26-8-2-5-11-29(26)23-35)21-33(20-31)39(42)45-36-18-15-27-9-3-6-12-30(27)24-36/h1-24H. The van der Waals surface area contributed by atoms with Crippen LogP contribution in [-0.2, 0) is 0 Å². The van der Waals surface area contributed by atoms with E-state index in [1.54, 1.807) is 36.4 Å². The van der Waals surface area contributed by atoms with Gasteiger partial charge in [0.15, 0.2) is 0 Å². The summed E-state index contributed by atoms with van der Waals surface area (Å²) in [6.45, 7) is 0. The lowest BCUT2D eigenvalue weighted by Crippen LogP contribution is -2.16. The quantitative estimate of drug-likeness (QED) is 0.143. The van der Waals surface area contributed by atoms with Crippen molar-refractivity contribution in [3.63, 3.8) is 0 Å². The summed E-state index contributed by atoms with van der Waals surface area (Å²) in [7, 11) is 0. The number of hydrogen-bond donors (Lipinski definition) is 0. The highest BCUT2D eigenvalue weighted by atomic mass is 16.5. The summed E-state index contributed by atoms with van der Waals surface area (Å²) in [5, 5.41) is 5.68. The normalized spacial score (nSPS) is 10.9. The molecule has 0 saturated carbocycles. The predicted octanol–water partition coefficient (Wildman–Crippen LogP) is 8.80. The Morgan fingerprint density at radius 1 is 0.311 bits per heavy atom. The SMILES string of the molecule is O=C(Oc1ccc2ccccc2c1)c1cc(C(=O)Oc2ccc3ccccc3c2)cc(C(=O)Oc2ccc3ccccc3c2)c1. The van der Waals surface area contributed by atoms with Crippen molar-refractivity contribution in [3.05, 3.63) is 162 Å². The van der Waals surface area contributed by atoms with E-state index in [2.05, 4.69) is 0 Å². The van der Waals surface area contributed by atoms with Gasteiger partial charge in [0, 0.05) is 0 Å². The molecular formula is C39H24O6. The van der Waals surface area contributed by atoms with Crippen LogP contribution in [0.1, 0.15) is 31.1 Å². The third-order valence-electron chi connectivity index (χ3n) is 7.43. The Morgan fingerprint density at radius 2 is 0.578 bits per heavy atom. The predicted molar refractivity (Wildman–Crippen MR) is 173 cm³/mol. The molecule has 0 heterocycles. The van der Waals surface area contributed by atoms with Gasteiger partial charge in [-0.1, -0.05) is 91.0 Å². The highest BCUT2D eigenvalue weighted by Gasteiger charge is 2.21. The number of fused-ring (bicyclic) bond motifs is 3. The number of hydrogen-bond acceptors (Lipinski definition) is 6. The second kappa shape index (κ2) is 11.8. The summed E-state index contributed by atoms with van der Waals surface area (Å²) in [4.78, 5) is 40.1. The fourth-order valence-corrected chi connectivity index (χ4v) is 5.17. The van der Waals surface area contributed by atoms with Crippen LogP contribution in [0.5, 0.6) is 17.2 Å². The lowest BCUT2D eigenvalue weighted by atomic mass is 10.1. The monoisotopic (exact) mass is 588 g/mol. The first-order valence-corrected chi connectivity index (χ1v) is 14.3. The summed E-state index contributed by atoms with van der Waals surface area (Å²) in [6, 6.07) is 43.0. The zero-order valence-electron chi connectivity index (χ0n) is 23.8. The molecule has 7 aromatic carbocycles. The van der Waals surface area contributed by atoms with Crippen LogP contribution in [0.2, 0.25) is 0 Å². The molecule has 7 rings (SSSR count). The second-order valence-corrected chi connectivity index (χ2v) is 10.5. The molecule has 45 heavy (non-hydrogen) atoms. The van der Waals surface area contributed by atoms with E-state index < -0.39 is 17.9 Å². The van der Waals surface area contributed by atoms with Gasteiger partial charge in [-0.05, 0) is 86.9 Å². The number of benzene rings is 7. The van der Waals surface area contributed by atoms with Gasteiger partial charge in [0.05, 0.1) is 16.7 Å². The summed E-state index contributed by atoms with van der Waals surface area (Å²) in [6.07, 6.45) is 0. The topological polar surface area (TPSA) is 78.9 Å². The van der Waals surface area contributed by atoms with Crippen LogP contribution in [0.25, 0.3) is 32.3 Å². The van der Waals surface area contributed by atoms with E-state index in [9.17, 15) is 14.4 Å². The van der Waals surface area contributed by atoms with Gasteiger partial charge in [0.1, 0.15) is 17.2 Å². The molecule has 0 aliphatic rings. The molecule has 0 atom stereocenters. The average molecular weight is 589 g/mol. The fourth-order valence-electron chi connectivity index (χ4n) is 5.17. The van der Waals surface area contributed by atoms with Crippen LogP contribution in [-0.4, -0.2) is 17.9 Å². The smallest absolute Gasteiger partial charge is 0.343 e. The average Bonchev–Trinajstić information content (AvgIpc) is 3.08. The Labute approximate surface area is 258 Å². The molecule has 7 aromatic rings. The van der Waals surface area contributed by atoms with Crippen molar-refractivity contribution < 1.29 is 28.6 Å². The Balaban J connectivity index is 1.21. The lowest BCUT2D eigenvalue weighted by Gasteiger charge is -2.11. The third-order valence-corrected chi connectivity index (χ3v) is 7.43. The molecule has 0 N–H and O–H groups in total. The summed E-state index contributed by atoms with van der Waals surface area (Å²) >= 11 is 0. The van der Waals surface area contributed by atoms with Crippen molar-refractivity contribution in [2.24, 2.45) is 0 Å². The van der Waals surface area contributed by atoms with E-state index >= 15 is 0 Å². The van der Waals surface area contributed by atoms with Gasteiger partial charge in [-0.3, -0.25) is 0 Å². The minimum absolute atomic E-state index is 0.0124. The fraction of sp³-hybridized carbons (Fsp3) is 0. The zero-order chi connectivity index (χ0) is 30.8. The summed E-state index contributed by atoms with van der Waals surface area (Å²) < 4.78 is 17.0. The van der Waals surface area contributed by atoms with Gasteiger partial charge in [-0.25, -0.2) is 14.4 Å². The molecule has 0 fully saturated rings. The Hall–Kier alpha value is -6.27. The van der Waals surface area contributed by atoms with Crippen LogP contribution in [0.4, 0.5) is 0 Å². The maximum atomic E-state index is 13.4. The largest absolute Gasteiger partial charge is 0.423 e. The molecular weight excluding hydrogens is 564 g/mol. The van der Waals surface area contributed by atoms with Crippen molar-refractivity contribution in [2.45, 2.75) is 0 Å². The van der Waals surface area contributed by atoms with Crippen molar-refractivity contribution in [2.75, 3.05) is 0 Å². The van der Waals surface area contributed by atoms with Crippen LogP contribution in [0.3, 0.4) is 0 Å². The van der Waals surface area contributed by atoms with E-state index in [1.807, 2.05) is 91.0 Å². The number of rotatable bonds is 6. The first-order valence-electron chi connectivity index (χ1n) is 14.3. The highest BCUT2D eigenvalue weighted by Crippen LogP contribution is 2.26. The molecule has 0 saturated heterocycles. The van der Waals surface area contributed by atoms with Gasteiger partial charge in [-0.15, -0.1) is 0 Å². The van der Waals surface area contributed by atoms with Gasteiger partial charge < -0.3 is 14.2 Å². The number of ether oxygens (including phenoxy) is 3. The molecule has 6 heteroatoms. The van der Waals surface area contributed by atoms with Gasteiger partial charge in [-0.2, -0.15) is 0 Å². The Kier molecular flexibility index (Phi) is 7.21. The first kappa shape index (κ1) is 27.6. The van der Waals surface area contributed by atoms with E-state index in [4.69, 9.17) is 14.2 Å². The molecule has 0 aromatic heterocycles. The molecule has 0 spiro atoms. The van der Waals surface area contributed by atoms with E-state index in [0.717, 1.165) is 32.3 Å². The lowest BCUT2D eigenvalue weighted by molar-refractivity contribution is 0.0734. The molecule has 0 aliphatic heterocycles. The van der Waals surface area contributed by atoms with Crippen LogP contribution >= 0.6 is 0 Å². The van der Waals surface area contributed by atoms with Crippen LogP contribution in [0.15, 0.2) is 146 Å². The molecule has 0 unspecified atom stereocenters. The van der Waals surface area contributed by atoms with Crippen molar-refractivity contribution in [3.8, 4) is 17.2 Å². The number of carbonyl (C=O) groups is 3. The van der Waals surface area contributed by atoms with Crippen LogP contribution in [0, 0.1) is 0 Å². The molecule has 0 aliphatic carbocycles. The van der Waals surface area contributed by atoms with Crippen molar-refractivity contribution >= 4 is 50.2 Å². The molecule has 0 radical (unpaired) electrons. The summed E-state index contributed by atoms with van der Waals surface area (Å²) in [5.41, 5.74) is -0.0373. The molecule has 0 bridgehead atoms. The Morgan fingerprint density at radius 3 is 0.867 bits per heavy atom. The summed E-state index contributed by atoms with van der Waals surface area (Å²) in [5.74, 6) is -1.27. The van der Waals surface area contributed by atoms with E-state index in [1.165, 1.54) is 18.2 Å². The van der Waals surface area contributed by atoms with Gasteiger partial charge in [0.25, 0.3) is 0 Å². The van der Waals surface area contributed by atoms with Gasteiger partial charge >= 0.3 is 17.9 Å². The van der Waals surface area contributed by atoms with Crippen molar-refractivity contribution in [1.29, 1.82) is 0 Å². The molecule has 216 valence electrons. The van der Waals surface area contributed by atoms with Crippen LogP contribution < -0.4 is 14.2 Å². The van der Waals surface area contributed by atoms with Gasteiger partial charge in [0.2, 0.25) is 0 Å². The second-order valence-electron chi connectivity index (χ2n) is 10.5. The number of carbonyl (C=O) groups excluding carboxylic acids is 3. The third kappa shape index (κ3) is 5.98. The maximum absolute atomic E-state index is 13.4. The molecule has 0 amide bonds. The zero-order valence-corrected chi connectivity index (χ0v) is 23.8. The van der Waals surface area contributed by atoms with E-state index in [0.29, 0.717) is 17.2 Å². The highest BCUT2D eigenvalue weighted by molar-refractivity contribution is 6.02. The number of esters is 3. The Bertz CT molecular complexity index is 2000. The molecule has 6 nitrogen and oxygen atoms in total. The first-order chi connectivity index (χ1) is 22.0. The van der Waals surface area contributed by atoms with E-state index in [-0.39, 0.29) is 16.7 Å². The minimum Gasteiger partial charge on any atom is -0.423 e. The maximum Gasteiger partial charge on any atom is 0.343 e. The van der Waals surface area contributed by atoms with Crippen molar-refractivity contribution in [1.82, 2.24) is 0 Å². The minimum atomic E-state index is -0.745.